The molecule has 2 atom stereocenters. The van der Waals surface area contributed by atoms with Gasteiger partial charge in [-0.2, -0.15) is 0 Å². The Hall–Kier alpha value is -1.32. The maximum Gasteiger partial charge on any atom is 0.410 e. The van der Waals surface area contributed by atoms with Crippen LogP contribution in [0.5, 0.6) is 0 Å². The Labute approximate surface area is 194 Å². The number of imidazole rings is 1. The van der Waals surface area contributed by atoms with E-state index in [9.17, 15) is 4.79 Å². The van der Waals surface area contributed by atoms with E-state index in [1.54, 1.807) is 0 Å². The van der Waals surface area contributed by atoms with E-state index in [0.717, 1.165) is 51.9 Å². The van der Waals surface area contributed by atoms with Crippen LogP contribution in [-0.4, -0.2) is 65.4 Å². The summed E-state index contributed by atoms with van der Waals surface area (Å²) in [6.45, 7) is 8.94. The van der Waals surface area contributed by atoms with Crippen molar-refractivity contribution in [3.63, 3.8) is 0 Å². The molecule has 0 saturated carbocycles. The SMILES string of the molecule is CN[C@@H]1CCN(c2nc3cc(Br)c(Br)cc3n2[C@H]2CCN(C(=O)OC(C)(C)C)C2)C1. The molecular formula is C21H29Br2N5O2. The second kappa shape index (κ2) is 8.31. The van der Waals surface area contributed by atoms with Crippen LogP contribution in [0.2, 0.25) is 0 Å². The molecule has 7 nitrogen and oxygen atoms in total. The fourth-order valence-corrected chi connectivity index (χ4v) is 4.95. The maximum absolute atomic E-state index is 12.6. The summed E-state index contributed by atoms with van der Waals surface area (Å²) in [7, 11) is 2.01. The van der Waals surface area contributed by atoms with Crippen LogP contribution in [0.15, 0.2) is 21.1 Å². The monoisotopic (exact) mass is 541 g/mol. The van der Waals surface area contributed by atoms with Gasteiger partial charge in [-0.15, -0.1) is 0 Å². The predicted molar refractivity (Wildman–Crippen MR) is 126 cm³/mol. The van der Waals surface area contributed by atoms with Crippen LogP contribution in [-0.2, 0) is 4.74 Å². The molecule has 2 aromatic rings. The van der Waals surface area contributed by atoms with Crippen molar-refractivity contribution >= 4 is 54.9 Å². The van der Waals surface area contributed by atoms with E-state index in [1.165, 1.54) is 0 Å². The normalized spacial score (nSPS) is 22.3. The highest BCUT2D eigenvalue weighted by atomic mass is 79.9. The van der Waals surface area contributed by atoms with Gasteiger partial charge in [0.1, 0.15) is 5.60 Å². The summed E-state index contributed by atoms with van der Waals surface area (Å²) in [5.74, 6) is 0.990. The number of carbonyl (C=O) groups excluding carboxylic acids is 1. The number of nitrogens with one attached hydrogen (secondary N) is 1. The molecule has 1 amide bonds. The van der Waals surface area contributed by atoms with Crippen molar-refractivity contribution in [2.75, 3.05) is 38.1 Å². The predicted octanol–water partition coefficient (Wildman–Crippen LogP) is 4.54. The van der Waals surface area contributed by atoms with E-state index in [-0.39, 0.29) is 12.1 Å². The largest absolute Gasteiger partial charge is 0.444 e. The lowest BCUT2D eigenvalue weighted by atomic mass is 10.2. The molecule has 0 spiro atoms. The summed E-state index contributed by atoms with van der Waals surface area (Å²) < 4.78 is 9.91. The number of fused-ring (bicyclic) bond motifs is 1. The number of benzene rings is 1. The van der Waals surface area contributed by atoms with Gasteiger partial charge < -0.3 is 24.4 Å². The second-order valence-corrected chi connectivity index (χ2v) is 10.8. The number of amides is 1. The molecule has 1 aromatic carbocycles. The number of hydrogen-bond acceptors (Lipinski definition) is 5. The Bertz CT molecular complexity index is 955. The van der Waals surface area contributed by atoms with Gasteiger partial charge in [0.25, 0.3) is 0 Å². The van der Waals surface area contributed by atoms with E-state index in [2.05, 4.69) is 58.8 Å². The van der Waals surface area contributed by atoms with E-state index < -0.39 is 5.60 Å². The lowest BCUT2D eigenvalue weighted by molar-refractivity contribution is 0.0289. The smallest absolute Gasteiger partial charge is 0.410 e. The zero-order chi connectivity index (χ0) is 21.6. The Morgan fingerprint density at radius 3 is 2.57 bits per heavy atom. The summed E-state index contributed by atoms with van der Waals surface area (Å²) >= 11 is 7.25. The molecule has 1 aromatic heterocycles. The Morgan fingerprint density at radius 2 is 1.90 bits per heavy atom. The van der Waals surface area contributed by atoms with E-state index in [1.807, 2.05) is 32.7 Å². The van der Waals surface area contributed by atoms with Crippen LogP contribution in [0.4, 0.5) is 10.7 Å². The minimum absolute atomic E-state index is 0.166. The van der Waals surface area contributed by atoms with Gasteiger partial charge in [-0.05, 0) is 84.7 Å². The average Bonchev–Trinajstić information content (AvgIpc) is 3.38. The number of hydrogen-bond donors (Lipinski definition) is 1. The number of likely N-dealkylation sites (N-methyl/N-ethyl adjacent to an activating group) is 1. The van der Waals surface area contributed by atoms with Crippen molar-refractivity contribution in [1.82, 2.24) is 19.8 Å². The molecule has 2 aliphatic rings. The molecule has 2 saturated heterocycles. The van der Waals surface area contributed by atoms with Crippen molar-refractivity contribution in [1.29, 1.82) is 0 Å². The van der Waals surface area contributed by atoms with E-state index in [0.29, 0.717) is 19.1 Å². The highest BCUT2D eigenvalue weighted by Crippen LogP contribution is 2.37. The summed E-state index contributed by atoms with van der Waals surface area (Å²) in [6.07, 6.45) is 1.74. The minimum Gasteiger partial charge on any atom is -0.444 e. The number of halogens is 2. The second-order valence-electron chi connectivity index (χ2n) is 9.13. The van der Waals surface area contributed by atoms with Crippen molar-refractivity contribution in [3.8, 4) is 0 Å². The van der Waals surface area contributed by atoms with Crippen molar-refractivity contribution < 1.29 is 9.53 Å². The third-order valence-electron chi connectivity index (χ3n) is 5.77. The van der Waals surface area contributed by atoms with Gasteiger partial charge in [0, 0.05) is 41.2 Å². The number of aromatic nitrogens is 2. The molecule has 30 heavy (non-hydrogen) atoms. The molecular weight excluding hydrogens is 514 g/mol. The standard InChI is InChI=1S/C21H29Br2N5O2/c1-21(2,3)30-20(29)27-8-6-14(12-27)28-18-10-16(23)15(22)9-17(18)25-19(28)26-7-5-13(11-26)24-4/h9-10,13-14,24H,5-8,11-12H2,1-4H3/t13-,14+/m1/s1. The zero-order valence-electron chi connectivity index (χ0n) is 17.9. The third-order valence-corrected chi connectivity index (χ3v) is 7.62. The first-order chi connectivity index (χ1) is 14.2. The van der Waals surface area contributed by atoms with Crippen LogP contribution < -0.4 is 10.2 Å². The van der Waals surface area contributed by atoms with Gasteiger partial charge in [0.05, 0.1) is 17.1 Å². The topological polar surface area (TPSA) is 62.6 Å². The van der Waals surface area contributed by atoms with E-state index >= 15 is 0 Å². The van der Waals surface area contributed by atoms with Crippen LogP contribution in [0.3, 0.4) is 0 Å². The number of carbonyl (C=O) groups is 1. The quantitative estimate of drug-likeness (QED) is 0.617. The highest BCUT2D eigenvalue weighted by molar-refractivity contribution is 9.13. The minimum atomic E-state index is -0.489. The molecule has 2 fully saturated rings. The summed E-state index contributed by atoms with van der Waals surface area (Å²) in [4.78, 5) is 21.8. The first kappa shape index (κ1) is 21.9. The van der Waals surface area contributed by atoms with Gasteiger partial charge in [0.15, 0.2) is 0 Å². The Balaban J connectivity index is 1.68. The lowest BCUT2D eigenvalue weighted by Crippen LogP contribution is -2.35. The molecule has 164 valence electrons. The van der Waals surface area contributed by atoms with Crippen molar-refractivity contribution in [2.45, 2.75) is 51.3 Å². The molecule has 0 radical (unpaired) electrons. The molecule has 4 rings (SSSR count). The number of nitrogens with zero attached hydrogens (tertiary/aromatic N) is 4. The van der Waals surface area contributed by atoms with Gasteiger partial charge in [-0.3, -0.25) is 0 Å². The number of ether oxygens (including phenoxy) is 1. The molecule has 0 unspecified atom stereocenters. The number of likely N-dealkylation sites (tertiary alicyclic amines) is 1. The van der Waals surface area contributed by atoms with Gasteiger partial charge in [0.2, 0.25) is 5.95 Å². The third kappa shape index (κ3) is 4.34. The number of anilines is 1. The van der Waals surface area contributed by atoms with E-state index in [4.69, 9.17) is 9.72 Å². The molecule has 3 heterocycles. The first-order valence-corrected chi connectivity index (χ1v) is 12.0. The molecule has 0 aliphatic carbocycles. The van der Waals surface area contributed by atoms with Crippen LogP contribution in [0, 0.1) is 0 Å². The molecule has 0 bridgehead atoms. The lowest BCUT2D eigenvalue weighted by Gasteiger charge is -2.25. The average molecular weight is 543 g/mol. The van der Waals surface area contributed by atoms with Gasteiger partial charge in [-0.1, -0.05) is 0 Å². The fourth-order valence-electron chi connectivity index (χ4n) is 4.28. The number of rotatable bonds is 3. The summed E-state index contributed by atoms with van der Waals surface area (Å²) in [6, 6.07) is 4.82. The highest BCUT2D eigenvalue weighted by Gasteiger charge is 2.35. The zero-order valence-corrected chi connectivity index (χ0v) is 21.1. The van der Waals surface area contributed by atoms with Gasteiger partial charge in [-0.25, -0.2) is 9.78 Å². The first-order valence-electron chi connectivity index (χ1n) is 10.4. The molecule has 9 heteroatoms. The van der Waals surface area contributed by atoms with Crippen molar-refractivity contribution in [3.05, 3.63) is 21.1 Å². The molecule has 1 N–H and O–H groups in total. The van der Waals surface area contributed by atoms with Crippen LogP contribution in [0.1, 0.15) is 39.7 Å². The van der Waals surface area contributed by atoms with Crippen LogP contribution in [0.25, 0.3) is 11.0 Å². The summed E-state index contributed by atoms with van der Waals surface area (Å²) in [5.41, 5.74) is 1.56. The summed E-state index contributed by atoms with van der Waals surface area (Å²) in [5, 5.41) is 3.39. The van der Waals surface area contributed by atoms with Crippen LogP contribution >= 0.6 is 31.9 Å². The maximum atomic E-state index is 12.6. The fraction of sp³-hybridized carbons (Fsp3) is 0.619. The Morgan fingerprint density at radius 1 is 1.17 bits per heavy atom. The Kier molecular flexibility index (Phi) is 6.07. The molecule has 2 aliphatic heterocycles. The van der Waals surface area contributed by atoms with Crippen molar-refractivity contribution in [2.24, 2.45) is 0 Å². The van der Waals surface area contributed by atoms with Gasteiger partial charge >= 0.3 is 6.09 Å².